The van der Waals surface area contributed by atoms with Crippen molar-refractivity contribution in [1.82, 2.24) is 4.72 Å². The van der Waals surface area contributed by atoms with Crippen LogP contribution in [0.2, 0.25) is 0 Å². The van der Waals surface area contributed by atoms with E-state index < -0.39 is 16.1 Å². The van der Waals surface area contributed by atoms with E-state index >= 15 is 0 Å². The molecule has 0 saturated carbocycles. The molecule has 2 aromatic carbocycles. The third-order valence-corrected chi connectivity index (χ3v) is 4.73. The molecule has 2 aromatic rings. The number of hydrogen-bond donors (Lipinski definition) is 2. The van der Waals surface area contributed by atoms with Gasteiger partial charge in [0.2, 0.25) is 10.0 Å². The first-order valence-corrected chi connectivity index (χ1v) is 8.66. The van der Waals surface area contributed by atoms with Crippen LogP contribution in [0.5, 0.6) is 0 Å². The number of rotatable bonds is 4. The summed E-state index contributed by atoms with van der Waals surface area (Å²) in [7, 11) is -3.58. The van der Waals surface area contributed by atoms with Crippen LogP contribution in [0.1, 0.15) is 22.8 Å². The molecular weight excluding hydrogens is 310 g/mol. The number of benzene rings is 2. The number of aliphatic hydroxyl groups excluding tert-OH is 1. The van der Waals surface area contributed by atoms with Gasteiger partial charge in [-0.15, -0.1) is 0 Å². The molecule has 0 saturated heterocycles. The molecule has 0 aliphatic carbocycles. The summed E-state index contributed by atoms with van der Waals surface area (Å²) in [4.78, 5) is 0.198. The summed E-state index contributed by atoms with van der Waals surface area (Å²) in [6.07, 6.45) is -0.931. The largest absolute Gasteiger partial charge is 0.376 e. The van der Waals surface area contributed by atoms with Gasteiger partial charge in [-0.3, -0.25) is 0 Å². The molecular formula is C18H19NO3S. The molecule has 5 heteroatoms. The summed E-state index contributed by atoms with van der Waals surface area (Å²) in [5.41, 5.74) is 2.77. The van der Waals surface area contributed by atoms with E-state index in [2.05, 4.69) is 16.6 Å². The molecule has 0 radical (unpaired) electrons. The van der Waals surface area contributed by atoms with Crippen LogP contribution in [0, 0.1) is 25.7 Å². The van der Waals surface area contributed by atoms with E-state index in [1.807, 2.05) is 26.0 Å². The monoisotopic (exact) mass is 329 g/mol. The summed E-state index contributed by atoms with van der Waals surface area (Å²) in [5.74, 6) is 5.28. The van der Waals surface area contributed by atoms with E-state index in [0.29, 0.717) is 5.56 Å². The molecule has 2 rings (SSSR count). The first-order valence-electron chi connectivity index (χ1n) is 7.18. The summed E-state index contributed by atoms with van der Waals surface area (Å²) >= 11 is 0. The van der Waals surface area contributed by atoms with Crippen molar-refractivity contribution in [2.24, 2.45) is 0 Å². The lowest BCUT2D eigenvalue weighted by Crippen LogP contribution is -2.24. The Hall–Kier alpha value is -2.13. The first kappa shape index (κ1) is 17.2. The standard InChI is InChI=1S/C18H19NO3S/c1-14-5-9-16(10-6-14)18(20)4-3-13-19-23(21,22)17-11-7-15(2)8-12-17/h5-12,18-20H,13H2,1-2H3. The second kappa shape index (κ2) is 7.42. The van der Waals surface area contributed by atoms with Crippen LogP contribution in [0.25, 0.3) is 0 Å². The summed E-state index contributed by atoms with van der Waals surface area (Å²) < 4.78 is 26.5. The van der Waals surface area contributed by atoms with Crippen molar-refractivity contribution in [2.45, 2.75) is 24.8 Å². The molecule has 0 spiro atoms. The lowest BCUT2D eigenvalue weighted by atomic mass is 10.1. The van der Waals surface area contributed by atoms with Crippen LogP contribution in [0.4, 0.5) is 0 Å². The molecule has 1 unspecified atom stereocenters. The fourth-order valence-electron chi connectivity index (χ4n) is 1.91. The fraction of sp³-hybridized carbons (Fsp3) is 0.222. The van der Waals surface area contributed by atoms with Crippen molar-refractivity contribution in [3.8, 4) is 11.8 Å². The molecule has 1 atom stereocenters. The predicted octanol–water partition coefficient (Wildman–Crippen LogP) is 2.32. The third-order valence-electron chi connectivity index (χ3n) is 3.31. The van der Waals surface area contributed by atoms with Crippen molar-refractivity contribution >= 4 is 10.0 Å². The zero-order valence-corrected chi connectivity index (χ0v) is 13.9. The van der Waals surface area contributed by atoms with Crippen molar-refractivity contribution in [2.75, 3.05) is 6.54 Å². The quantitative estimate of drug-likeness (QED) is 0.846. The van der Waals surface area contributed by atoms with E-state index in [9.17, 15) is 13.5 Å². The van der Waals surface area contributed by atoms with Gasteiger partial charge in [0.05, 0.1) is 11.4 Å². The Balaban J connectivity index is 1.96. The molecule has 23 heavy (non-hydrogen) atoms. The van der Waals surface area contributed by atoms with Gasteiger partial charge in [-0.25, -0.2) is 8.42 Å². The number of hydrogen-bond acceptors (Lipinski definition) is 3. The zero-order chi connectivity index (χ0) is 16.9. The maximum Gasteiger partial charge on any atom is 0.241 e. The number of aryl methyl sites for hydroxylation is 2. The Labute approximate surface area is 137 Å². The zero-order valence-electron chi connectivity index (χ0n) is 13.1. The number of sulfonamides is 1. The van der Waals surface area contributed by atoms with Crippen LogP contribution in [0.15, 0.2) is 53.4 Å². The molecule has 0 fully saturated rings. The molecule has 0 aliphatic heterocycles. The highest BCUT2D eigenvalue weighted by atomic mass is 32.2. The lowest BCUT2D eigenvalue weighted by molar-refractivity contribution is 0.238. The normalized spacial score (nSPS) is 12.3. The Morgan fingerprint density at radius 2 is 1.52 bits per heavy atom. The summed E-state index contributed by atoms with van der Waals surface area (Å²) in [5, 5.41) is 9.94. The molecule has 0 aliphatic rings. The maximum absolute atomic E-state index is 12.1. The van der Waals surface area contributed by atoms with Crippen molar-refractivity contribution in [3.05, 3.63) is 65.2 Å². The summed E-state index contributed by atoms with van der Waals surface area (Å²) in [6.45, 7) is 3.79. The van der Waals surface area contributed by atoms with E-state index in [1.165, 1.54) is 0 Å². The maximum atomic E-state index is 12.1. The average Bonchev–Trinajstić information content (AvgIpc) is 2.52. The Morgan fingerprint density at radius 1 is 1.00 bits per heavy atom. The second-order valence-corrected chi connectivity index (χ2v) is 7.04. The highest BCUT2D eigenvalue weighted by Crippen LogP contribution is 2.12. The van der Waals surface area contributed by atoms with Crippen LogP contribution in [-0.2, 0) is 10.0 Å². The Kier molecular flexibility index (Phi) is 5.56. The van der Waals surface area contributed by atoms with Crippen LogP contribution < -0.4 is 4.72 Å². The van der Waals surface area contributed by atoms with Crippen molar-refractivity contribution in [1.29, 1.82) is 0 Å². The van der Waals surface area contributed by atoms with Gasteiger partial charge in [-0.2, -0.15) is 4.72 Å². The minimum atomic E-state index is -3.58. The topological polar surface area (TPSA) is 66.4 Å². The van der Waals surface area contributed by atoms with Gasteiger partial charge in [0.1, 0.15) is 6.10 Å². The van der Waals surface area contributed by atoms with Gasteiger partial charge in [0.15, 0.2) is 0 Å². The fourth-order valence-corrected chi connectivity index (χ4v) is 2.83. The van der Waals surface area contributed by atoms with Gasteiger partial charge in [-0.05, 0) is 31.5 Å². The minimum absolute atomic E-state index is 0.0564. The number of aliphatic hydroxyl groups is 1. The first-order chi connectivity index (χ1) is 10.9. The summed E-state index contributed by atoms with van der Waals surface area (Å²) in [6, 6.07) is 13.9. The van der Waals surface area contributed by atoms with E-state index in [4.69, 9.17) is 0 Å². The highest BCUT2D eigenvalue weighted by Gasteiger charge is 2.11. The van der Waals surface area contributed by atoms with Crippen LogP contribution in [0.3, 0.4) is 0 Å². The van der Waals surface area contributed by atoms with Crippen molar-refractivity contribution in [3.63, 3.8) is 0 Å². The van der Waals surface area contributed by atoms with E-state index in [0.717, 1.165) is 11.1 Å². The number of nitrogens with one attached hydrogen (secondary N) is 1. The molecule has 0 heterocycles. The van der Waals surface area contributed by atoms with Gasteiger partial charge in [0.25, 0.3) is 0 Å². The second-order valence-electron chi connectivity index (χ2n) is 5.27. The smallest absolute Gasteiger partial charge is 0.241 e. The van der Waals surface area contributed by atoms with Gasteiger partial charge in [-0.1, -0.05) is 59.4 Å². The molecule has 2 N–H and O–H groups in total. The SMILES string of the molecule is Cc1ccc(C(O)C#CCNS(=O)(=O)c2ccc(C)cc2)cc1. The third kappa shape index (κ3) is 4.93. The van der Waals surface area contributed by atoms with Gasteiger partial charge >= 0.3 is 0 Å². The van der Waals surface area contributed by atoms with E-state index in [-0.39, 0.29) is 11.4 Å². The minimum Gasteiger partial charge on any atom is -0.376 e. The molecule has 0 bridgehead atoms. The predicted molar refractivity (Wildman–Crippen MR) is 90.3 cm³/mol. The van der Waals surface area contributed by atoms with Crippen LogP contribution in [-0.4, -0.2) is 20.1 Å². The highest BCUT2D eigenvalue weighted by molar-refractivity contribution is 7.89. The average molecular weight is 329 g/mol. The molecule has 4 nitrogen and oxygen atoms in total. The molecule has 0 amide bonds. The van der Waals surface area contributed by atoms with Crippen LogP contribution >= 0.6 is 0 Å². The molecule has 0 aromatic heterocycles. The van der Waals surface area contributed by atoms with Crippen molar-refractivity contribution < 1.29 is 13.5 Å². The Morgan fingerprint density at radius 3 is 2.09 bits per heavy atom. The Bertz CT molecular complexity index is 813. The molecule has 120 valence electrons. The van der Waals surface area contributed by atoms with Gasteiger partial charge < -0.3 is 5.11 Å². The van der Waals surface area contributed by atoms with E-state index in [1.54, 1.807) is 36.4 Å². The van der Waals surface area contributed by atoms with Gasteiger partial charge in [0, 0.05) is 0 Å². The lowest BCUT2D eigenvalue weighted by Gasteiger charge is -2.05.